The molecule has 1 aromatic carbocycles. The van der Waals surface area contributed by atoms with E-state index in [4.69, 9.17) is 0 Å². The van der Waals surface area contributed by atoms with Crippen molar-refractivity contribution in [2.75, 3.05) is 18.5 Å². The molecule has 1 heterocycles. The summed E-state index contributed by atoms with van der Waals surface area (Å²) in [6.07, 6.45) is -8.24. The van der Waals surface area contributed by atoms with Crippen molar-refractivity contribution in [2.45, 2.75) is 25.3 Å². The van der Waals surface area contributed by atoms with E-state index in [0.29, 0.717) is 17.7 Å². The Balaban J connectivity index is 1.86. The van der Waals surface area contributed by atoms with Crippen LogP contribution in [-0.4, -0.2) is 35.1 Å². The van der Waals surface area contributed by atoms with Gasteiger partial charge in [-0.1, -0.05) is 0 Å². The molecule has 32 heavy (non-hydrogen) atoms. The van der Waals surface area contributed by atoms with Crippen LogP contribution in [0.5, 0.6) is 5.88 Å². The molecular weight excluding hydrogens is 450 g/mol. The molecule has 1 amide bonds. The lowest BCUT2D eigenvalue weighted by Gasteiger charge is -2.11. The fourth-order valence-corrected chi connectivity index (χ4v) is 2.40. The molecule has 2 aromatic rings. The number of nitrogens with one attached hydrogen (secondary N) is 2. The summed E-state index contributed by atoms with van der Waals surface area (Å²) >= 11 is 0. The highest BCUT2D eigenvalue weighted by molar-refractivity contribution is 5.76. The number of carbonyl (C=O) groups excluding carboxylic acids is 1. The van der Waals surface area contributed by atoms with Crippen molar-refractivity contribution in [3.8, 4) is 5.88 Å². The zero-order chi connectivity index (χ0) is 23.9. The van der Waals surface area contributed by atoms with Gasteiger partial charge in [0, 0.05) is 37.8 Å². The molecule has 0 aliphatic rings. The zero-order valence-electron chi connectivity index (χ0n) is 16.1. The fraction of sp³-hybridized carbons (Fsp3) is 0.333. The number of alkyl halides is 6. The molecule has 174 valence electrons. The summed E-state index contributed by atoms with van der Waals surface area (Å²) in [6.45, 7) is -1.68. The summed E-state index contributed by atoms with van der Waals surface area (Å²) in [5, 5.41) is 16.0. The number of nitro benzene ring substituents is 1. The van der Waals surface area contributed by atoms with Gasteiger partial charge in [-0.05, 0) is 23.8 Å². The van der Waals surface area contributed by atoms with Gasteiger partial charge in [0.25, 0.3) is 5.69 Å². The number of rotatable bonds is 9. The van der Waals surface area contributed by atoms with Gasteiger partial charge in [-0.2, -0.15) is 26.3 Å². The van der Waals surface area contributed by atoms with E-state index in [9.17, 15) is 41.3 Å². The van der Waals surface area contributed by atoms with E-state index in [-0.39, 0.29) is 31.1 Å². The third kappa shape index (κ3) is 7.92. The van der Waals surface area contributed by atoms with Crippen molar-refractivity contribution in [2.24, 2.45) is 0 Å². The van der Waals surface area contributed by atoms with Gasteiger partial charge in [0.1, 0.15) is 5.69 Å². The highest BCUT2D eigenvalue weighted by Crippen LogP contribution is 2.34. The lowest BCUT2D eigenvalue weighted by molar-refractivity contribution is -0.384. The number of halogens is 6. The van der Waals surface area contributed by atoms with Crippen molar-refractivity contribution in [1.29, 1.82) is 0 Å². The molecule has 0 unspecified atom stereocenters. The first-order valence-corrected chi connectivity index (χ1v) is 8.86. The Kier molecular flexibility index (Phi) is 7.83. The van der Waals surface area contributed by atoms with Crippen LogP contribution in [0.2, 0.25) is 0 Å². The first-order chi connectivity index (χ1) is 14.8. The maximum Gasteiger partial charge on any atom is 0.422 e. The molecule has 0 saturated heterocycles. The number of pyridine rings is 1. The molecule has 0 saturated carbocycles. The summed E-state index contributed by atoms with van der Waals surface area (Å²) in [5.74, 6) is -0.785. The molecule has 1 aromatic heterocycles. The number of benzene rings is 1. The second-order valence-corrected chi connectivity index (χ2v) is 6.35. The van der Waals surface area contributed by atoms with Gasteiger partial charge in [0.05, 0.1) is 10.5 Å². The minimum absolute atomic E-state index is 0.0514. The van der Waals surface area contributed by atoms with E-state index in [2.05, 4.69) is 20.4 Å². The van der Waals surface area contributed by atoms with E-state index >= 15 is 0 Å². The van der Waals surface area contributed by atoms with Crippen molar-refractivity contribution >= 4 is 17.3 Å². The third-order valence-corrected chi connectivity index (χ3v) is 3.86. The number of carbonyl (C=O) groups is 1. The number of ether oxygens (including phenoxy) is 1. The van der Waals surface area contributed by atoms with Crippen LogP contribution < -0.4 is 15.4 Å². The topological polar surface area (TPSA) is 106 Å². The fourth-order valence-electron chi connectivity index (χ4n) is 2.40. The maximum absolute atomic E-state index is 12.7. The second kappa shape index (κ2) is 10.2. The van der Waals surface area contributed by atoms with Crippen molar-refractivity contribution in [3.05, 3.63) is 57.8 Å². The first-order valence-electron chi connectivity index (χ1n) is 8.86. The summed E-state index contributed by atoms with van der Waals surface area (Å²) < 4.78 is 79.2. The van der Waals surface area contributed by atoms with Crippen LogP contribution >= 0.6 is 0 Å². The predicted octanol–water partition coefficient (Wildman–Crippen LogP) is 4.07. The molecule has 0 spiro atoms. The predicted molar refractivity (Wildman–Crippen MR) is 98.8 cm³/mol. The van der Waals surface area contributed by atoms with Crippen LogP contribution in [0.1, 0.15) is 17.5 Å². The number of nitro groups is 1. The van der Waals surface area contributed by atoms with Crippen LogP contribution in [0.25, 0.3) is 0 Å². The van der Waals surface area contributed by atoms with Crippen LogP contribution in [0.15, 0.2) is 36.5 Å². The van der Waals surface area contributed by atoms with Crippen LogP contribution in [0.3, 0.4) is 0 Å². The SMILES string of the molecule is O=C(CCNc1ccc(C(F)(F)F)cc1[N+](=O)[O-])NCc1ccnc(OCC(F)(F)F)c1. The van der Waals surface area contributed by atoms with Gasteiger partial charge in [0.2, 0.25) is 11.8 Å². The van der Waals surface area contributed by atoms with E-state index in [1.807, 2.05) is 0 Å². The van der Waals surface area contributed by atoms with Gasteiger partial charge in [-0.15, -0.1) is 0 Å². The lowest BCUT2D eigenvalue weighted by Crippen LogP contribution is -2.25. The normalized spacial score (nSPS) is 11.7. The quantitative estimate of drug-likeness (QED) is 0.328. The van der Waals surface area contributed by atoms with E-state index in [0.717, 1.165) is 6.07 Å². The number of anilines is 1. The molecule has 0 fully saturated rings. The standard InChI is InChI=1S/C18H16F6N4O4/c19-17(20,21)10-32-16-7-11(3-5-26-16)9-27-15(29)4-6-25-13-2-1-12(18(22,23)24)8-14(13)28(30)31/h1-3,5,7-8,25H,4,6,9-10H2,(H,27,29). The minimum atomic E-state index is -4.74. The lowest BCUT2D eigenvalue weighted by atomic mass is 10.1. The van der Waals surface area contributed by atoms with Crippen LogP contribution in [0.4, 0.5) is 37.7 Å². The Morgan fingerprint density at radius 1 is 1.12 bits per heavy atom. The molecule has 0 aliphatic carbocycles. The van der Waals surface area contributed by atoms with E-state index in [1.54, 1.807) is 0 Å². The first kappa shape index (κ1) is 24.7. The molecule has 14 heteroatoms. The highest BCUT2D eigenvalue weighted by Gasteiger charge is 2.33. The Morgan fingerprint density at radius 3 is 2.47 bits per heavy atom. The summed E-state index contributed by atoms with van der Waals surface area (Å²) in [5.41, 5.74) is -1.74. The number of aromatic nitrogens is 1. The molecular formula is C18H16F6N4O4. The van der Waals surface area contributed by atoms with Crippen LogP contribution in [-0.2, 0) is 17.5 Å². The van der Waals surface area contributed by atoms with Crippen molar-refractivity contribution in [3.63, 3.8) is 0 Å². The molecule has 0 aliphatic heterocycles. The van der Waals surface area contributed by atoms with Gasteiger partial charge in [-0.25, -0.2) is 4.98 Å². The third-order valence-electron chi connectivity index (χ3n) is 3.86. The number of hydrogen-bond acceptors (Lipinski definition) is 6. The van der Waals surface area contributed by atoms with Gasteiger partial charge in [-0.3, -0.25) is 14.9 Å². The Bertz CT molecular complexity index is 965. The van der Waals surface area contributed by atoms with Crippen molar-refractivity contribution < 1.29 is 40.8 Å². The molecule has 0 radical (unpaired) electrons. The molecule has 0 bridgehead atoms. The Hall–Kier alpha value is -3.58. The number of hydrogen-bond donors (Lipinski definition) is 2. The zero-order valence-corrected chi connectivity index (χ0v) is 16.1. The molecule has 2 N–H and O–H groups in total. The van der Waals surface area contributed by atoms with E-state index < -0.39 is 41.0 Å². The number of amides is 1. The van der Waals surface area contributed by atoms with E-state index in [1.165, 1.54) is 18.3 Å². The summed E-state index contributed by atoms with van der Waals surface area (Å²) in [4.78, 5) is 25.6. The monoisotopic (exact) mass is 466 g/mol. The molecule has 0 atom stereocenters. The van der Waals surface area contributed by atoms with Gasteiger partial charge in [0.15, 0.2) is 6.61 Å². The summed E-state index contributed by atoms with van der Waals surface area (Å²) in [6, 6.07) is 4.64. The number of nitrogens with zero attached hydrogens (tertiary/aromatic N) is 2. The van der Waals surface area contributed by atoms with Crippen LogP contribution in [0, 0.1) is 10.1 Å². The summed E-state index contributed by atoms with van der Waals surface area (Å²) in [7, 11) is 0. The smallest absolute Gasteiger partial charge is 0.422 e. The average molecular weight is 466 g/mol. The molecule has 2 rings (SSSR count). The minimum Gasteiger partial charge on any atom is -0.468 e. The molecule has 8 nitrogen and oxygen atoms in total. The highest BCUT2D eigenvalue weighted by atomic mass is 19.4. The van der Waals surface area contributed by atoms with Gasteiger partial charge >= 0.3 is 12.4 Å². The Morgan fingerprint density at radius 2 is 1.84 bits per heavy atom. The van der Waals surface area contributed by atoms with Gasteiger partial charge < -0.3 is 15.4 Å². The maximum atomic E-state index is 12.7. The van der Waals surface area contributed by atoms with Crippen molar-refractivity contribution in [1.82, 2.24) is 10.3 Å². The largest absolute Gasteiger partial charge is 0.468 e. The Labute approximate surface area is 176 Å². The average Bonchev–Trinajstić information content (AvgIpc) is 2.70. The second-order valence-electron chi connectivity index (χ2n) is 6.35.